The molecule has 2 heterocycles. The molecule has 1 saturated heterocycles. The van der Waals surface area contributed by atoms with Gasteiger partial charge in [0, 0.05) is 18.7 Å². The fourth-order valence-electron chi connectivity index (χ4n) is 2.16. The minimum Gasteiger partial charge on any atom is -0.324 e. The molecule has 0 spiro atoms. The Labute approximate surface area is 100 Å². The molecule has 0 saturated carbocycles. The van der Waals surface area contributed by atoms with Crippen LogP contribution in [0.5, 0.6) is 0 Å². The van der Waals surface area contributed by atoms with Crippen LogP contribution in [0, 0.1) is 5.92 Å². The standard InChI is InChI=1S/C13H15N3O/c1-10-7-8-16(9-10)13-14-12(15-17-13)11-5-3-2-4-6-11/h2-6,10H,7-9H2,1H3/t10-/m0/s1. The Morgan fingerprint density at radius 3 is 2.82 bits per heavy atom. The van der Waals surface area contributed by atoms with Gasteiger partial charge >= 0.3 is 6.01 Å². The van der Waals surface area contributed by atoms with Crippen LogP contribution in [0.15, 0.2) is 34.9 Å². The highest BCUT2D eigenvalue weighted by Crippen LogP contribution is 2.24. The molecule has 1 aliphatic heterocycles. The smallest absolute Gasteiger partial charge is 0.324 e. The molecule has 0 N–H and O–H groups in total. The highest BCUT2D eigenvalue weighted by molar-refractivity contribution is 5.55. The molecule has 1 fully saturated rings. The van der Waals surface area contributed by atoms with Crippen LogP contribution >= 0.6 is 0 Å². The monoisotopic (exact) mass is 229 g/mol. The summed E-state index contributed by atoms with van der Waals surface area (Å²) in [6.07, 6.45) is 1.20. The summed E-state index contributed by atoms with van der Waals surface area (Å²) < 4.78 is 5.32. The minimum atomic E-state index is 0.646. The fraction of sp³-hybridized carbons (Fsp3) is 0.385. The van der Waals surface area contributed by atoms with Crippen molar-refractivity contribution in [1.29, 1.82) is 0 Å². The lowest BCUT2D eigenvalue weighted by Gasteiger charge is -2.10. The van der Waals surface area contributed by atoms with Gasteiger partial charge in [0.2, 0.25) is 5.82 Å². The van der Waals surface area contributed by atoms with E-state index >= 15 is 0 Å². The Balaban J connectivity index is 1.84. The molecular formula is C13H15N3O. The van der Waals surface area contributed by atoms with Crippen LogP contribution in [0.1, 0.15) is 13.3 Å². The van der Waals surface area contributed by atoms with Crippen LogP contribution in [-0.4, -0.2) is 23.2 Å². The van der Waals surface area contributed by atoms with E-state index in [1.807, 2.05) is 30.3 Å². The van der Waals surface area contributed by atoms with E-state index in [1.54, 1.807) is 0 Å². The van der Waals surface area contributed by atoms with Gasteiger partial charge in [-0.2, -0.15) is 4.98 Å². The summed E-state index contributed by atoms with van der Waals surface area (Å²) in [5, 5.41) is 4.03. The predicted molar refractivity (Wildman–Crippen MR) is 65.7 cm³/mol. The van der Waals surface area contributed by atoms with Crippen LogP contribution in [-0.2, 0) is 0 Å². The Hall–Kier alpha value is -1.84. The van der Waals surface area contributed by atoms with Crippen molar-refractivity contribution in [3.05, 3.63) is 30.3 Å². The molecule has 88 valence electrons. The highest BCUT2D eigenvalue weighted by Gasteiger charge is 2.23. The van der Waals surface area contributed by atoms with Gasteiger partial charge in [0.05, 0.1) is 0 Å². The summed E-state index contributed by atoms with van der Waals surface area (Å²) in [4.78, 5) is 6.60. The van der Waals surface area contributed by atoms with Crippen molar-refractivity contribution in [2.24, 2.45) is 5.92 Å². The van der Waals surface area contributed by atoms with Gasteiger partial charge in [0.25, 0.3) is 0 Å². The number of anilines is 1. The molecule has 1 aliphatic rings. The predicted octanol–water partition coefficient (Wildman–Crippen LogP) is 2.58. The maximum Gasteiger partial charge on any atom is 0.324 e. The zero-order chi connectivity index (χ0) is 11.7. The van der Waals surface area contributed by atoms with E-state index < -0.39 is 0 Å². The molecule has 0 unspecified atom stereocenters. The summed E-state index contributed by atoms with van der Waals surface area (Å²) in [6.45, 7) is 4.27. The molecule has 0 bridgehead atoms. The molecule has 17 heavy (non-hydrogen) atoms. The van der Waals surface area contributed by atoms with Crippen LogP contribution in [0.25, 0.3) is 11.4 Å². The summed E-state index contributed by atoms with van der Waals surface area (Å²) >= 11 is 0. The van der Waals surface area contributed by atoms with E-state index in [-0.39, 0.29) is 0 Å². The first-order valence-corrected chi connectivity index (χ1v) is 5.97. The molecule has 1 atom stereocenters. The van der Waals surface area contributed by atoms with Gasteiger partial charge in [-0.1, -0.05) is 42.4 Å². The Morgan fingerprint density at radius 1 is 1.29 bits per heavy atom. The molecule has 1 aromatic carbocycles. The molecule has 4 nitrogen and oxygen atoms in total. The van der Waals surface area contributed by atoms with E-state index in [1.165, 1.54) is 6.42 Å². The molecule has 3 rings (SSSR count). The summed E-state index contributed by atoms with van der Waals surface area (Å²) in [5.41, 5.74) is 0.995. The summed E-state index contributed by atoms with van der Waals surface area (Å²) in [6, 6.07) is 10.6. The van der Waals surface area contributed by atoms with Gasteiger partial charge in [-0.3, -0.25) is 0 Å². The number of rotatable bonds is 2. The van der Waals surface area contributed by atoms with Crippen LogP contribution in [0.4, 0.5) is 6.01 Å². The third-order valence-corrected chi connectivity index (χ3v) is 3.14. The molecule has 4 heteroatoms. The van der Waals surface area contributed by atoms with E-state index in [4.69, 9.17) is 4.52 Å². The van der Waals surface area contributed by atoms with Crippen LogP contribution in [0.3, 0.4) is 0 Å². The van der Waals surface area contributed by atoms with Gasteiger partial charge in [-0.05, 0) is 12.3 Å². The van der Waals surface area contributed by atoms with E-state index in [0.29, 0.717) is 17.8 Å². The molecule has 1 aromatic heterocycles. The lowest BCUT2D eigenvalue weighted by Crippen LogP contribution is -2.19. The third kappa shape index (κ3) is 2.02. The second-order valence-electron chi connectivity index (χ2n) is 4.61. The van der Waals surface area contributed by atoms with Crippen molar-refractivity contribution in [3.8, 4) is 11.4 Å². The molecule has 0 amide bonds. The maximum absolute atomic E-state index is 5.32. The quantitative estimate of drug-likeness (QED) is 0.793. The van der Waals surface area contributed by atoms with Crippen molar-refractivity contribution in [2.75, 3.05) is 18.0 Å². The highest BCUT2D eigenvalue weighted by atomic mass is 16.5. The lowest BCUT2D eigenvalue weighted by molar-refractivity contribution is 0.418. The van der Waals surface area contributed by atoms with Crippen molar-refractivity contribution in [3.63, 3.8) is 0 Å². The van der Waals surface area contributed by atoms with Crippen LogP contribution in [0.2, 0.25) is 0 Å². The maximum atomic E-state index is 5.32. The second kappa shape index (κ2) is 4.20. The van der Waals surface area contributed by atoms with Gasteiger partial charge < -0.3 is 9.42 Å². The normalized spacial score (nSPS) is 19.8. The fourth-order valence-corrected chi connectivity index (χ4v) is 2.16. The zero-order valence-electron chi connectivity index (χ0n) is 9.84. The number of aromatic nitrogens is 2. The average molecular weight is 229 g/mol. The molecule has 2 aromatic rings. The van der Waals surface area contributed by atoms with Crippen molar-refractivity contribution < 1.29 is 4.52 Å². The van der Waals surface area contributed by atoms with E-state index in [2.05, 4.69) is 22.0 Å². The number of hydrogen-bond donors (Lipinski definition) is 0. The first-order chi connectivity index (χ1) is 8.33. The summed E-state index contributed by atoms with van der Waals surface area (Å²) in [5.74, 6) is 1.38. The Kier molecular flexibility index (Phi) is 2.55. The number of hydrogen-bond acceptors (Lipinski definition) is 4. The van der Waals surface area contributed by atoms with E-state index in [0.717, 1.165) is 18.7 Å². The lowest BCUT2D eigenvalue weighted by atomic mass is 10.2. The summed E-state index contributed by atoms with van der Waals surface area (Å²) in [7, 11) is 0. The topological polar surface area (TPSA) is 42.2 Å². The Bertz CT molecular complexity index is 494. The largest absolute Gasteiger partial charge is 0.324 e. The van der Waals surface area contributed by atoms with Crippen molar-refractivity contribution in [2.45, 2.75) is 13.3 Å². The first-order valence-electron chi connectivity index (χ1n) is 5.97. The van der Waals surface area contributed by atoms with Gasteiger partial charge in [0.15, 0.2) is 0 Å². The average Bonchev–Trinajstić information content (AvgIpc) is 2.98. The van der Waals surface area contributed by atoms with Gasteiger partial charge in [0.1, 0.15) is 0 Å². The van der Waals surface area contributed by atoms with Gasteiger partial charge in [-0.15, -0.1) is 0 Å². The van der Waals surface area contributed by atoms with E-state index in [9.17, 15) is 0 Å². The SMILES string of the molecule is C[C@H]1CCN(c2nc(-c3ccccc3)no2)C1. The number of nitrogens with zero attached hydrogens (tertiary/aromatic N) is 3. The van der Waals surface area contributed by atoms with Crippen LogP contribution < -0.4 is 4.90 Å². The van der Waals surface area contributed by atoms with Gasteiger partial charge in [-0.25, -0.2) is 0 Å². The first kappa shape index (κ1) is 10.3. The number of benzene rings is 1. The molecular weight excluding hydrogens is 214 g/mol. The molecule has 0 aliphatic carbocycles. The van der Waals surface area contributed by atoms with Crippen molar-refractivity contribution >= 4 is 6.01 Å². The minimum absolute atomic E-state index is 0.646. The second-order valence-corrected chi connectivity index (χ2v) is 4.61. The third-order valence-electron chi connectivity index (χ3n) is 3.14. The molecule has 0 radical (unpaired) electrons. The Morgan fingerprint density at radius 2 is 2.12 bits per heavy atom. The van der Waals surface area contributed by atoms with Crippen molar-refractivity contribution in [1.82, 2.24) is 10.1 Å². The zero-order valence-corrected chi connectivity index (χ0v) is 9.84.